The fraction of sp³-hybridized carbons (Fsp3) is 0.333. The van der Waals surface area contributed by atoms with Gasteiger partial charge in [0.05, 0.1) is 16.8 Å². The first-order valence-corrected chi connectivity index (χ1v) is 7.32. The highest BCUT2D eigenvalue weighted by Crippen LogP contribution is 2.28. The number of hydrogen-bond acceptors (Lipinski definition) is 2. The summed E-state index contributed by atoms with van der Waals surface area (Å²) < 4.78 is 33.3. The summed E-state index contributed by atoms with van der Waals surface area (Å²) in [5.41, 5.74) is 0.335. The molecule has 1 aromatic heterocycles. The van der Waals surface area contributed by atoms with Crippen molar-refractivity contribution in [3.05, 3.63) is 58.0 Å². The van der Waals surface area contributed by atoms with E-state index in [0.29, 0.717) is 17.7 Å². The second-order valence-electron chi connectivity index (χ2n) is 4.56. The molecule has 0 saturated heterocycles. The monoisotopic (exact) mass is 343 g/mol. The van der Waals surface area contributed by atoms with Crippen LogP contribution in [0.3, 0.4) is 0 Å². The summed E-state index contributed by atoms with van der Waals surface area (Å²) in [6.45, 7) is 2.82. The first kappa shape index (κ1) is 15.2. The number of halogens is 3. The molecular formula is C15H16BrF2NO. The van der Waals surface area contributed by atoms with Crippen LogP contribution in [0.4, 0.5) is 8.78 Å². The Balaban J connectivity index is 2.24. The summed E-state index contributed by atoms with van der Waals surface area (Å²) in [5, 5.41) is 3.29. The van der Waals surface area contributed by atoms with Crippen molar-refractivity contribution in [2.75, 3.05) is 6.54 Å². The van der Waals surface area contributed by atoms with E-state index in [9.17, 15) is 8.78 Å². The van der Waals surface area contributed by atoms with Crippen molar-refractivity contribution >= 4 is 15.9 Å². The number of hydrogen-bond donors (Lipinski definition) is 1. The smallest absolute Gasteiger partial charge is 0.162 e. The molecule has 1 heterocycles. The van der Waals surface area contributed by atoms with Crippen LogP contribution >= 0.6 is 15.9 Å². The Hall–Kier alpha value is -1.20. The average Bonchev–Trinajstić information content (AvgIpc) is 2.85. The Kier molecular flexibility index (Phi) is 5.31. The van der Waals surface area contributed by atoms with Crippen LogP contribution in [0.5, 0.6) is 0 Å². The van der Waals surface area contributed by atoms with E-state index in [0.717, 1.165) is 23.5 Å². The Morgan fingerprint density at radius 3 is 2.75 bits per heavy atom. The second kappa shape index (κ2) is 6.99. The molecule has 2 rings (SSSR count). The lowest BCUT2D eigenvalue weighted by Crippen LogP contribution is -2.24. The fourth-order valence-electron chi connectivity index (χ4n) is 2.06. The number of nitrogens with one attached hydrogen (secondary N) is 1. The van der Waals surface area contributed by atoms with E-state index in [1.807, 2.05) is 6.92 Å². The molecule has 1 aromatic carbocycles. The molecule has 20 heavy (non-hydrogen) atoms. The minimum atomic E-state index is -0.824. The van der Waals surface area contributed by atoms with Gasteiger partial charge in [-0.3, -0.25) is 0 Å². The first-order valence-electron chi connectivity index (χ1n) is 6.52. The molecular weight excluding hydrogens is 328 g/mol. The normalized spacial score (nSPS) is 12.6. The predicted octanol–water partition coefficient (Wildman–Crippen LogP) is 4.60. The summed E-state index contributed by atoms with van der Waals surface area (Å²) in [7, 11) is 0. The predicted molar refractivity (Wildman–Crippen MR) is 77.5 cm³/mol. The van der Waals surface area contributed by atoms with Crippen LogP contribution in [0.25, 0.3) is 0 Å². The van der Waals surface area contributed by atoms with E-state index < -0.39 is 11.6 Å². The molecule has 0 fully saturated rings. The lowest BCUT2D eigenvalue weighted by atomic mass is 10.0. The number of furan rings is 1. The van der Waals surface area contributed by atoms with Gasteiger partial charge in [0.2, 0.25) is 0 Å². The van der Waals surface area contributed by atoms with Gasteiger partial charge >= 0.3 is 0 Å². The Morgan fingerprint density at radius 1 is 1.30 bits per heavy atom. The molecule has 0 spiro atoms. The van der Waals surface area contributed by atoms with Crippen molar-refractivity contribution in [2.45, 2.75) is 25.8 Å². The van der Waals surface area contributed by atoms with Crippen LogP contribution < -0.4 is 5.32 Å². The van der Waals surface area contributed by atoms with Gasteiger partial charge in [0.1, 0.15) is 5.76 Å². The van der Waals surface area contributed by atoms with Crippen LogP contribution in [-0.2, 0) is 6.42 Å². The third-order valence-electron chi connectivity index (χ3n) is 3.06. The molecule has 1 unspecified atom stereocenters. The third kappa shape index (κ3) is 3.46. The zero-order valence-corrected chi connectivity index (χ0v) is 12.7. The Morgan fingerprint density at radius 2 is 2.10 bits per heavy atom. The lowest BCUT2D eigenvalue weighted by molar-refractivity contribution is 0.401. The van der Waals surface area contributed by atoms with Gasteiger partial charge in [-0.05, 0) is 53.0 Å². The van der Waals surface area contributed by atoms with Crippen LogP contribution in [-0.4, -0.2) is 6.54 Å². The minimum Gasteiger partial charge on any atom is -0.466 e. The van der Waals surface area contributed by atoms with Crippen molar-refractivity contribution in [1.29, 1.82) is 0 Å². The molecule has 2 aromatic rings. The zero-order valence-electron chi connectivity index (χ0n) is 11.1. The molecule has 5 heteroatoms. The SMILES string of the molecule is CCCNC(Cc1cccc(F)c1F)c1occc1Br. The molecule has 0 radical (unpaired) electrons. The maximum Gasteiger partial charge on any atom is 0.162 e. The number of benzene rings is 1. The van der Waals surface area contributed by atoms with E-state index in [2.05, 4.69) is 21.2 Å². The van der Waals surface area contributed by atoms with E-state index in [1.165, 1.54) is 6.07 Å². The topological polar surface area (TPSA) is 25.2 Å². The summed E-state index contributed by atoms with van der Waals surface area (Å²) in [6, 6.07) is 5.82. The minimum absolute atomic E-state index is 0.198. The fourth-order valence-corrected chi connectivity index (χ4v) is 2.53. The van der Waals surface area contributed by atoms with E-state index >= 15 is 0 Å². The van der Waals surface area contributed by atoms with Crippen molar-refractivity contribution < 1.29 is 13.2 Å². The third-order valence-corrected chi connectivity index (χ3v) is 3.71. The quantitative estimate of drug-likeness (QED) is 0.828. The van der Waals surface area contributed by atoms with Gasteiger partial charge in [-0.15, -0.1) is 0 Å². The molecule has 0 aliphatic carbocycles. The highest BCUT2D eigenvalue weighted by Gasteiger charge is 2.20. The summed E-state index contributed by atoms with van der Waals surface area (Å²) in [4.78, 5) is 0. The van der Waals surface area contributed by atoms with Crippen LogP contribution in [0.2, 0.25) is 0 Å². The van der Waals surface area contributed by atoms with Gasteiger partial charge in [0.25, 0.3) is 0 Å². The molecule has 2 nitrogen and oxygen atoms in total. The van der Waals surface area contributed by atoms with Gasteiger partial charge in [-0.1, -0.05) is 19.1 Å². The van der Waals surface area contributed by atoms with E-state index in [4.69, 9.17) is 4.42 Å². The molecule has 1 atom stereocenters. The molecule has 108 valence electrons. The van der Waals surface area contributed by atoms with Gasteiger partial charge in [-0.25, -0.2) is 8.78 Å². The largest absolute Gasteiger partial charge is 0.466 e. The summed E-state index contributed by atoms with van der Waals surface area (Å²) in [6.07, 6.45) is 2.85. The van der Waals surface area contributed by atoms with Crippen molar-refractivity contribution in [1.82, 2.24) is 5.32 Å². The highest BCUT2D eigenvalue weighted by atomic mass is 79.9. The van der Waals surface area contributed by atoms with Crippen LogP contribution in [0.15, 0.2) is 39.4 Å². The second-order valence-corrected chi connectivity index (χ2v) is 5.41. The molecule has 0 aliphatic heterocycles. The van der Waals surface area contributed by atoms with Gasteiger partial charge in [-0.2, -0.15) is 0 Å². The molecule has 1 N–H and O–H groups in total. The number of rotatable bonds is 6. The zero-order chi connectivity index (χ0) is 14.5. The maximum atomic E-state index is 13.8. The van der Waals surface area contributed by atoms with Gasteiger partial charge < -0.3 is 9.73 Å². The molecule has 0 saturated carbocycles. The Bertz CT molecular complexity index is 571. The van der Waals surface area contributed by atoms with Gasteiger partial charge in [0, 0.05) is 0 Å². The van der Waals surface area contributed by atoms with E-state index in [-0.39, 0.29) is 6.04 Å². The van der Waals surface area contributed by atoms with Crippen LogP contribution in [0.1, 0.15) is 30.7 Å². The van der Waals surface area contributed by atoms with E-state index in [1.54, 1.807) is 18.4 Å². The van der Waals surface area contributed by atoms with Crippen molar-refractivity contribution in [3.63, 3.8) is 0 Å². The van der Waals surface area contributed by atoms with Gasteiger partial charge in [0.15, 0.2) is 11.6 Å². The Labute approximate surface area is 125 Å². The molecule has 0 amide bonds. The average molecular weight is 344 g/mol. The van der Waals surface area contributed by atoms with Crippen LogP contribution in [0, 0.1) is 11.6 Å². The highest BCUT2D eigenvalue weighted by molar-refractivity contribution is 9.10. The lowest BCUT2D eigenvalue weighted by Gasteiger charge is -2.17. The first-order chi connectivity index (χ1) is 9.63. The molecule has 0 bridgehead atoms. The summed E-state index contributed by atoms with van der Waals surface area (Å²) in [5.74, 6) is -0.921. The molecule has 0 aliphatic rings. The van der Waals surface area contributed by atoms with Crippen molar-refractivity contribution in [3.8, 4) is 0 Å². The standard InChI is InChI=1S/C15H16BrF2NO/c1-2-7-19-13(15-11(16)6-8-20-15)9-10-4-3-5-12(17)14(10)18/h3-6,8,13,19H,2,7,9H2,1H3. The van der Waals surface area contributed by atoms with Crippen molar-refractivity contribution in [2.24, 2.45) is 0 Å². The summed E-state index contributed by atoms with van der Waals surface area (Å²) >= 11 is 3.40. The maximum absolute atomic E-state index is 13.8.